The van der Waals surface area contributed by atoms with Crippen LogP contribution in [0.3, 0.4) is 0 Å². The van der Waals surface area contributed by atoms with Gasteiger partial charge in [-0.05, 0) is 31.2 Å². The van der Waals surface area contributed by atoms with Crippen molar-refractivity contribution in [1.82, 2.24) is 9.97 Å². The third-order valence-electron chi connectivity index (χ3n) is 3.74. The molecule has 0 fully saturated rings. The number of thioether (sulfide) groups is 1. The Kier molecular flexibility index (Phi) is 5.93. The van der Waals surface area contributed by atoms with Crippen LogP contribution in [0.15, 0.2) is 59.8 Å². The molecule has 1 heterocycles. The highest BCUT2D eigenvalue weighted by Crippen LogP contribution is 2.25. The largest absolute Gasteiger partial charge is 0.337 e. The zero-order chi connectivity index (χ0) is 19.2. The SMILES string of the molecule is CC(=O)Nc1ccc(NC(=O)CSc2nc(-c3ccccc3)c(C)[nH]2)cc1. The van der Waals surface area contributed by atoms with Gasteiger partial charge in [0, 0.05) is 29.6 Å². The van der Waals surface area contributed by atoms with Crippen molar-refractivity contribution >= 4 is 35.0 Å². The van der Waals surface area contributed by atoms with Crippen LogP contribution in [-0.2, 0) is 9.59 Å². The maximum Gasteiger partial charge on any atom is 0.234 e. The van der Waals surface area contributed by atoms with Crippen molar-refractivity contribution in [2.24, 2.45) is 0 Å². The molecule has 0 saturated carbocycles. The lowest BCUT2D eigenvalue weighted by atomic mass is 10.1. The molecule has 6 nitrogen and oxygen atoms in total. The van der Waals surface area contributed by atoms with Gasteiger partial charge in [0.15, 0.2) is 5.16 Å². The van der Waals surface area contributed by atoms with E-state index < -0.39 is 0 Å². The van der Waals surface area contributed by atoms with Gasteiger partial charge in [-0.15, -0.1) is 0 Å². The lowest BCUT2D eigenvalue weighted by Gasteiger charge is -2.06. The van der Waals surface area contributed by atoms with Crippen molar-refractivity contribution in [3.8, 4) is 11.3 Å². The van der Waals surface area contributed by atoms with Gasteiger partial charge in [-0.2, -0.15) is 0 Å². The number of aryl methyl sites for hydroxylation is 1. The molecule has 0 bridgehead atoms. The predicted molar refractivity (Wildman–Crippen MR) is 109 cm³/mol. The van der Waals surface area contributed by atoms with E-state index in [0.29, 0.717) is 16.5 Å². The van der Waals surface area contributed by atoms with Crippen LogP contribution in [0, 0.1) is 6.92 Å². The normalized spacial score (nSPS) is 10.4. The molecule has 0 atom stereocenters. The van der Waals surface area contributed by atoms with Crippen LogP contribution in [0.4, 0.5) is 11.4 Å². The van der Waals surface area contributed by atoms with E-state index in [9.17, 15) is 9.59 Å². The quantitative estimate of drug-likeness (QED) is 0.563. The van der Waals surface area contributed by atoms with E-state index in [0.717, 1.165) is 17.0 Å². The topological polar surface area (TPSA) is 86.9 Å². The number of anilines is 2. The van der Waals surface area contributed by atoms with Crippen molar-refractivity contribution in [2.45, 2.75) is 19.0 Å². The summed E-state index contributed by atoms with van der Waals surface area (Å²) >= 11 is 1.35. The fourth-order valence-electron chi connectivity index (χ4n) is 2.55. The first-order valence-electron chi connectivity index (χ1n) is 8.43. The summed E-state index contributed by atoms with van der Waals surface area (Å²) in [5, 5.41) is 6.23. The summed E-state index contributed by atoms with van der Waals surface area (Å²) < 4.78 is 0. The minimum atomic E-state index is -0.133. The Bertz CT molecular complexity index is 936. The average Bonchev–Trinajstić information content (AvgIpc) is 3.03. The van der Waals surface area contributed by atoms with Gasteiger partial charge < -0.3 is 15.6 Å². The molecule has 0 saturated heterocycles. The fraction of sp³-hybridized carbons (Fsp3) is 0.150. The van der Waals surface area contributed by atoms with Crippen LogP contribution in [0.5, 0.6) is 0 Å². The average molecular weight is 380 g/mol. The third kappa shape index (κ3) is 5.21. The summed E-state index contributed by atoms with van der Waals surface area (Å²) in [6, 6.07) is 16.9. The third-order valence-corrected chi connectivity index (χ3v) is 4.61. The highest BCUT2D eigenvalue weighted by molar-refractivity contribution is 7.99. The second kappa shape index (κ2) is 8.55. The summed E-state index contributed by atoms with van der Waals surface area (Å²) in [5.41, 5.74) is 4.27. The van der Waals surface area contributed by atoms with Gasteiger partial charge >= 0.3 is 0 Å². The van der Waals surface area contributed by atoms with E-state index in [-0.39, 0.29) is 17.6 Å². The molecule has 2 amide bonds. The number of rotatable bonds is 6. The molecule has 0 aliphatic carbocycles. The Hall–Kier alpha value is -3.06. The number of hydrogen-bond acceptors (Lipinski definition) is 4. The van der Waals surface area contributed by atoms with Crippen molar-refractivity contribution in [1.29, 1.82) is 0 Å². The van der Waals surface area contributed by atoms with E-state index in [1.165, 1.54) is 18.7 Å². The van der Waals surface area contributed by atoms with Gasteiger partial charge in [0.2, 0.25) is 11.8 Å². The van der Waals surface area contributed by atoms with Crippen molar-refractivity contribution < 1.29 is 9.59 Å². The molecule has 2 aromatic carbocycles. The summed E-state index contributed by atoms with van der Waals surface area (Å²) in [7, 11) is 0. The second-order valence-electron chi connectivity index (χ2n) is 5.98. The maximum absolute atomic E-state index is 12.2. The van der Waals surface area contributed by atoms with Crippen LogP contribution in [0.25, 0.3) is 11.3 Å². The van der Waals surface area contributed by atoms with Crippen LogP contribution in [0.2, 0.25) is 0 Å². The molecule has 3 aromatic rings. The smallest absolute Gasteiger partial charge is 0.234 e. The Morgan fingerprint density at radius 1 is 1.00 bits per heavy atom. The molecule has 3 N–H and O–H groups in total. The van der Waals surface area contributed by atoms with Gasteiger partial charge in [0.05, 0.1) is 11.4 Å². The molecule has 1 aromatic heterocycles. The number of nitrogens with one attached hydrogen (secondary N) is 3. The number of H-pyrrole nitrogens is 1. The number of benzene rings is 2. The zero-order valence-corrected chi connectivity index (χ0v) is 15.9. The van der Waals surface area contributed by atoms with E-state index in [1.54, 1.807) is 24.3 Å². The zero-order valence-electron chi connectivity index (χ0n) is 15.1. The highest BCUT2D eigenvalue weighted by atomic mass is 32.2. The van der Waals surface area contributed by atoms with Gasteiger partial charge in [-0.3, -0.25) is 9.59 Å². The van der Waals surface area contributed by atoms with Gasteiger partial charge in [0.1, 0.15) is 0 Å². The number of aromatic amines is 1. The highest BCUT2D eigenvalue weighted by Gasteiger charge is 2.11. The van der Waals surface area contributed by atoms with Crippen molar-refractivity contribution in [2.75, 3.05) is 16.4 Å². The minimum absolute atomic E-state index is 0.123. The van der Waals surface area contributed by atoms with Gasteiger partial charge in [-0.25, -0.2) is 4.98 Å². The lowest BCUT2D eigenvalue weighted by molar-refractivity contribution is -0.114. The number of hydrogen-bond donors (Lipinski definition) is 3. The number of amides is 2. The molecule has 0 aliphatic rings. The van der Waals surface area contributed by atoms with Gasteiger partial charge in [0.25, 0.3) is 0 Å². The molecule has 0 aliphatic heterocycles. The molecule has 27 heavy (non-hydrogen) atoms. The summed E-state index contributed by atoms with van der Waals surface area (Å²) in [4.78, 5) is 31.0. The Labute approximate surface area is 161 Å². The van der Waals surface area contributed by atoms with Crippen LogP contribution >= 0.6 is 11.8 Å². The van der Waals surface area contributed by atoms with Crippen molar-refractivity contribution in [3.05, 3.63) is 60.3 Å². The molecule has 3 rings (SSSR count). The van der Waals surface area contributed by atoms with Crippen LogP contribution in [-0.4, -0.2) is 27.5 Å². The molecular formula is C20H20N4O2S. The molecule has 138 valence electrons. The first-order valence-corrected chi connectivity index (χ1v) is 9.42. The summed E-state index contributed by atoms with van der Waals surface area (Å²) in [6.45, 7) is 3.42. The fourth-order valence-corrected chi connectivity index (χ4v) is 3.27. The molecular weight excluding hydrogens is 360 g/mol. The molecule has 7 heteroatoms. The van der Waals surface area contributed by atoms with E-state index in [2.05, 4.69) is 20.6 Å². The monoisotopic (exact) mass is 380 g/mol. The first-order chi connectivity index (χ1) is 13.0. The first kappa shape index (κ1) is 18.7. The Morgan fingerprint density at radius 2 is 1.63 bits per heavy atom. The summed E-state index contributed by atoms with van der Waals surface area (Å²) in [6.07, 6.45) is 0. The maximum atomic E-state index is 12.2. The number of carbonyl (C=O) groups excluding carboxylic acids is 2. The van der Waals surface area contributed by atoms with Gasteiger partial charge in [-0.1, -0.05) is 42.1 Å². The molecule has 0 unspecified atom stereocenters. The Morgan fingerprint density at radius 3 is 2.26 bits per heavy atom. The van der Waals surface area contributed by atoms with E-state index in [1.807, 2.05) is 37.3 Å². The van der Waals surface area contributed by atoms with Crippen molar-refractivity contribution in [3.63, 3.8) is 0 Å². The number of imidazole rings is 1. The van der Waals surface area contributed by atoms with Crippen LogP contribution < -0.4 is 10.6 Å². The van der Waals surface area contributed by atoms with E-state index in [4.69, 9.17) is 0 Å². The second-order valence-corrected chi connectivity index (χ2v) is 6.94. The predicted octanol–water partition coefficient (Wildman–Crippen LogP) is 4.07. The molecule has 0 spiro atoms. The molecule has 0 radical (unpaired) electrons. The van der Waals surface area contributed by atoms with E-state index >= 15 is 0 Å². The number of carbonyl (C=O) groups is 2. The number of nitrogens with zero attached hydrogens (tertiary/aromatic N) is 1. The number of aromatic nitrogens is 2. The minimum Gasteiger partial charge on any atom is -0.337 e. The standard InChI is InChI=1S/C20H20N4O2S/c1-13-19(15-6-4-3-5-7-15)24-20(21-13)27-12-18(26)23-17-10-8-16(9-11-17)22-14(2)25/h3-11H,12H2,1-2H3,(H,21,24)(H,22,25)(H,23,26). The summed E-state index contributed by atoms with van der Waals surface area (Å²) in [5.74, 6) is -0.0105. The lowest BCUT2D eigenvalue weighted by Crippen LogP contribution is -2.14. The van der Waals surface area contributed by atoms with Crippen LogP contribution in [0.1, 0.15) is 12.6 Å². The Balaban J connectivity index is 1.56.